The Bertz CT molecular complexity index is 648. The summed E-state index contributed by atoms with van der Waals surface area (Å²) in [6, 6.07) is 9.24. The van der Waals surface area contributed by atoms with Crippen LogP contribution in [0.2, 0.25) is 0 Å². The first-order chi connectivity index (χ1) is 8.25. The molecule has 3 aromatic heterocycles. The molecular weight excluding hydrogens is 522 g/mol. The Hall–Kier alpha value is 0.749. The van der Waals surface area contributed by atoms with Gasteiger partial charge in [0.05, 0.1) is 0 Å². The van der Waals surface area contributed by atoms with E-state index in [-0.39, 0.29) is 20.4 Å². The zero-order valence-corrected chi connectivity index (χ0v) is 16.4. The van der Waals surface area contributed by atoms with E-state index in [2.05, 4.69) is 57.0 Å². The molecule has 4 heteroatoms. The normalized spacial score (nSPS) is 10.9. The van der Waals surface area contributed by atoms with Crippen molar-refractivity contribution in [1.29, 1.82) is 0 Å². The Labute approximate surface area is 131 Å². The number of hydrogen-bond donors (Lipinski definition) is 0. The van der Waals surface area contributed by atoms with Gasteiger partial charge in [0, 0.05) is 0 Å². The summed E-state index contributed by atoms with van der Waals surface area (Å²) < 4.78 is 7.77. The van der Waals surface area contributed by atoms with E-state index in [1.165, 1.54) is 4.47 Å². The fourth-order valence-electron chi connectivity index (χ4n) is 1.71. The van der Waals surface area contributed by atoms with Crippen LogP contribution in [0.5, 0.6) is 0 Å². The molecule has 0 spiro atoms. The van der Waals surface area contributed by atoms with E-state index >= 15 is 0 Å². The molecule has 86 valence electrons. The molecule has 0 unspecified atom stereocenters. The molecule has 0 saturated carbocycles. The number of aryl methyl sites for hydroxylation is 1. The van der Waals surface area contributed by atoms with Crippen molar-refractivity contribution in [2.45, 2.75) is 6.92 Å². The van der Waals surface area contributed by atoms with Crippen LogP contribution in [0.4, 0.5) is 0 Å². The van der Waals surface area contributed by atoms with E-state index < -0.39 is 0 Å². The predicted octanol–water partition coefficient (Wildman–Crippen LogP) is 3.26. The van der Waals surface area contributed by atoms with Gasteiger partial charge in [-0.05, 0) is 0 Å². The number of rotatable bonds is 2. The molecule has 0 nitrogen and oxygen atoms in total. The Morgan fingerprint density at radius 1 is 1.00 bits per heavy atom. The first-order valence-electron chi connectivity index (χ1n) is 5.13. The second kappa shape index (κ2) is 5.39. The van der Waals surface area contributed by atoms with Crippen molar-refractivity contribution in [3.63, 3.8) is 0 Å². The summed E-state index contributed by atoms with van der Waals surface area (Å²) in [4.78, 5) is 4.69. The molecule has 0 N–H and O–H groups in total. The third-order valence-electron chi connectivity index (χ3n) is 2.49. The van der Waals surface area contributed by atoms with Crippen LogP contribution in [0, 0.1) is 6.92 Å². The summed E-state index contributed by atoms with van der Waals surface area (Å²) in [7, 11) is 0. The van der Waals surface area contributed by atoms with Crippen molar-refractivity contribution in [2.75, 3.05) is 0 Å². The standard InChI is InChI=1S/C13H9BrSe2Te/c1-8-2-3-11(17-8)9-4-6-15-12(9)13-10(14)5-7-16-13/h2-7H,1H3. The Morgan fingerprint density at radius 2 is 1.76 bits per heavy atom. The van der Waals surface area contributed by atoms with Crippen LogP contribution in [0.3, 0.4) is 0 Å². The molecule has 0 aliphatic rings. The first-order valence-corrected chi connectivity index (χ1v) is 11.9. The van der Waals surface area contributed by atoms with Gasteiger partial charge in [-0.25, -0.2) is 0 Å². The van der Waals surface area contributed by atoms with E-state index in [9.17, 15) is 0 Å². The van der Waals surface area contributed by atoms with Crippen molar-refractivity contribution in [3.05, 3.63) is 42.2 Å². The van der Waals surface area contributed by atoms with Crippen LogP contribution >= 0.6 is 15.9 Å². The van der Waals surface area contributed by atoms with E-state index in [1.54, 1.807) is 21.6 Å². The molecule has 0 fully saturated rings. The summed E-state index contributed by atoms with van der Waals surface area (Å²) in [6.07, 6.45) is 0. The van der Waals surface area contributed by atoms with E-state index in [4.69, 9.17) is 0 Å². The topological polar surface area (TPSA) is 0 Å². The molecule has 0 aliphatic heterocycles. The van der Waals surface area contributed by atoms with Crippen LogP contribution in [-0.2, 0) is 0 Å². The summed E-state index contributed by atoms with van der Waals surface area (Å²) in [5.41, 5.74) is 1.55. The molecule has 0 aliphatic carbocycles. The number of hydrogen-bond acceptors (Lipinski definition) is 0. The maximum absolute atomic E-state index is 3.70. The molecule has 3 rings (SSSR count). The van der Waals surface area contributed by atoms with Gasteiger partial charge >= 0.3 is 133 Å². The zero-order chi connectivity index (χ0) is 11.8. The fourth-order valence-corrected chi connectivity index (χ4v) is 10.6. The summed E-state index contributed by atoms with van der Waals surface area (Å²) in [5, 5.41) is 0. The second-order valence-electron chi connectivity index (χ2n) is 3.67. The van der Waals surface area contributed by atoms with Crippen molar-refractivity contribution in [1.82, 2.24) is 0 Å². The summed E-state index contributed by atoms with van der Waals surface area (Å²) in [5.74, 6) is 0. The SMILES string of the molecule is Cc1ccc(-c2cc[se]c2-c2[se]ccc2Br)[te]1. The van der Waals surface area contributed by atoms with Gasteiger partial charge in [0.25, 0.3) is 0 Å². The van der Waals surface area contributed by atoms with Crippen LogP contribution in [0.15, 0.2) is 38.6 Å². The second-order valence-corrected chi connectivity index (χ2v) is 12.0. The van der Waals surface area contributed by atoms with E-state index in [1.807, 2.05) is 0 Å². The van der Waals surface area contributed by atoms with Crippen molar-refractivity contribution in [2.24, 2.45) is 0 Å². The summed E-state index contributed by atoms with van der Waals surface area (Å²) in [6.45, 7) is 2.27. The fraction of sp³-hybridized carbons (Fsp3) is 0.0769. The Morgan fingerprint density at radius 3 is 2.41 bits per heavy atom. The Kier molecular flexibility index (Phi) is 4.05. The van der Waals surface area contributed by atoms with Gasteiger partial charge in [-0.1, -0.05) is 0 Å². The molecular formula is C13H9BrSe2Te. The molecule has 0 bridgehead atoms. The van der Waals surface area contributed by atoms with Crippen LogP contribution < -0.4 is 0 Å². The molecule has 0 amide bonds. The van der Waals surface area contributed by atoms with Crippen LogP contribution in [0.25, 0.3) is 18.0 Å². The van der Waals surface area contributed by atoms with Crippen LogP contribution in [0.1, 0.15) is 3.58 Å². The van der Waals surface area contributed by atoms with Gasteiger partial charge in [-0.2, -0.15) is 0 Å². The quantitative estimate of drug-likeness (QED) is 0.447. The van der Waals surface area contributed by atoms with Gasteiger partial charge < -0.3 is 0 Å². The Balaban J connectivity index is 2.15. The minimum absolute atomic E-state index is 0.0697. The molecule has 17 heavy (non-hydrogen) atoms. The predicted molar refractivity (Wildman–Crippen MR) is 80.6 cm³/mol. The number of halogens is 1. The third-order valence-corrected chi connectivity index (χ3v) is 11.3. The van der Waals surface area contributed by atoms with Crippen LogP contribution in [-0.4, -0.2) is 49.4 Å². The molecule has 3 heterocycles. The first kappa shape index (κ1) is 12.8. The molecule has 0 saturated heterocycles. The molecule has 0 radical (unpaired) electrons. The van der Waals surface area contributed by atoms with Crippen molar-refractivity contribution >= 4 is 65.4 Å². The summed E-state index contributed by atoms with van der Waals surface area (Å²) >= 11 is 4.71. The average molecular weight is 531 g/mol. The van der Waals surface area contributed by atoms with Gasteiger partial charge in [-0.15, -0.1) is 0 Å². The third kappa shape index (κ3) is 2.56. The minimum atomic E-state index is -0.0697. The maximum atomic E-state index is 3.70. The average Bonchev–Trinajstić information content (AvgIpc) is 2.97. The van der Waals surface area contributed by atoms with Gasteiger partial charge in [-0.3, -0.25) is 0 Å². The van der Waals surface area contributed by atoms with Crippen molar-refractivity contribution in [3.8, 4) is 18.0 Å². The van der Waals surface area contributed by atoms with Gasteiger partial charge in [0.1, 0.15) is 0 Å². The zero-order valence-electron chi connectivity index (χ0n) is 9.07. The van der Waals surface area contributed by atoms with Crippen molar-refractivity contribution < 1.29 is 0 Å². The molecule has 0 atom stereocenters. The molecule has 0 aromatic carbocycles. The van der Waals surface area contributed by atoms with E-state index in [0.29, 0.717) is 29.0 Å². The van der Waals surface area contributed by atoms with E-state index in [0.717, 1.165) is 0 Å². The molecule has 3 aromatic rings. The van der Waals surface area contributed by atoms with Gasteiger partial charge in [0.2, 0.25) is 0 Å². The monoisotopic (exact) mass is 534 g/mol. The van der Waals surface area contributed by atoms with Gasteiger partial charge in [0.15, 0.2) is 0 Å².